The van der Waals surface area contributed by atoms with Crippen LogP contribution in [0.3, 0.4) is 0 Å². The molecule has 1 aromatic rings. The number of nitrogens with two attached hydrogens (primary N) is 1. The quantitative estimate of drug-likeness (QED) is 0.910. The lowest BCUT2D eigenvalue weighted by Crippen LogP contribution is -2.40. The molecule has 1 saturated heterocycles. The first kappa shape index (κ1) is 13.4. The van der Waals surface area contributed by atoms with Gasteiger partial charge < -0.3 is 15.4 Å². The van der Waals surface area contributed by atoms with Gasteiger partial charge in [-0.05, 0) is 37.6 Å². The van der Waals surface area contributed by atoms with E-state index in [4.69, 9.17) is 10.5 Å². The topological polar surface area (TPSA) is 55.6 Å². The van der Waals surface area contributed by atoms with E-state index >= 15 is 0 Å². The second-order valence-electron chi connectivity index (χ2n) is 4.59. The summed E-state index contributed by atoms with van der Waals surface area (Å²) < 4.78 is 5.40. The number of carbonyl (C=O) groups excluding carboxylic acids is 1. The highest BCUT2D eigenvalue weighted by Crippen LogP contribution is 2.34. The van der Waals surface area contributed by atoms with Gasteiger partial charge in [-0.2, -0.15) is 0 Å². The highest BCUT2D eigenvalue weighted by Gasteiger charge is 2.25. The molecule has 1 amide bonds. The van der Waals surface area contributed by atoms with Gasteiger partial charge in [0.2, 0.25) is 0 Å². The van der Waals surface area contributed by atoms with E-state index in [0.717, 1.165) is 43.2 Å². The van der Waals surface area contributed by atoms with Crippen molar-refractivity contribution in [1.29, 1.82) is 0 Å². The standard InChI is InChI=1S/C13H20N2O2S/c1-3-15(10-4-6-17-7-5-10)13-11(12(14)16)9(2)8-18-13/h8,10H,3-7H2,1-2H3,(H2,14,16). The minimum atomic E-state index is -0.325. The van der Waals surface area contributed by atoms with Crippen molar-refractivity contribution in [2.45, 2.75) is 32.7 Å². The molecule has 0 radical (unpaired) electrons. The number of ether oxygens (including phenoxy) is 1. The first-order chi connectivity index (χ1) is 8.65. The lowest BCUT2D eigenvalue weighted by Gasteiger charge is -2.34. The zero-order valence-corrected chi connectivity index (χ0v) is 11.8. The lowest BCUT2D eigenvalue weighted by atomic mass is 10.1. The Kier molecular flexibility index (Phi) is 4.24. The number of rotatable bonds is 4. The fourth-order valence-corrected chi connectivity index (χ4v) is 3.71. The van der Waals surface area contributed by atoms with Gasteiger partial charge >= 0.3 is 0 Å². The molecule has 18 heavy (non-hydrogen) atoms. The molecule has 2 heterocycles. The Balaban J connectivity index is 2.29. The minimum absolute atomic E-state index is 0.325. The Morgan fingerprint density at radius 2 is 2.22 bits per heavy atom. The summed E-state index contributed by atoms with van der Waals surface area (Å²) >= 11 is 1.62. The van der Waals surface area contributed by atoms with Gasteiger partial charge in [0.1, 0.15) is 5.00 Å². The van der Waals surface area contributed by atoms with Crippen LogP contribution < -0.4 is 10.6 Å². The van der Waals surface area contributed by atoms with Gasteiger partial charge in [0.05, 0.1) is 5.56 Å². The molecular formula is C13H20N2O2S. The lowest BCUT2D eigenvalue weighted by molar-refractivity contribution is 0.0847. The van der Waals surface area contributed by atoms with Crippen molar-refractivity contribution in [2.75, 3.05) is 24.7 Å². The van der Waals surface area contributed by atoms with E-state index in [1.54, 1.807) is 11.3 Å². The van der Waals surface area contributed by atoms with Gasteiger partial charge in [0.25, 0.3) is 5.91 Å². The highest BCUT2D eigenvalue weighted by atomic mass is 32.1. The molecule has 0 saturated carbocycles. The molecular weight excluding hydrogens is 248 g/mol. The van der Waals surface area contributed by atoms with Crippen LogP contribution in [0.5, 0.6) is 0 Å². The van der Waals surface area contributed by atoms with E-state index < -0.39 is 0 Å². The number of amides is 1. The molecule has 0 unspecified atom stereocenters. The summed E-state index contributed by atoms with van der Waals surface area (Å²) in [5.74, 6) is -0.325. The van der Waals surface area contributed by atoms with Gasteiger partial charge in [0, 0.05) is 25.8 Å². The molecule has 0 aliphatic carbocycles. The van der Waals surface area contributed by atoms with E-state index in [-0.39, 0.29) is 5.91 Å². The normalized spacial score (nSPS) is 16.8. The third kappa shape index (κ3) is 2.52. The van der Waals surface area contributed by atoms with Crippen molar-refractivity contribution < 1.29 is 9.53 Å². The van der Waals surface area contributed by atoms with Crippen LogP contribution in [0, 0.1) is 6.92 Å². The molecule has 0 spiro atoms. The number of carbonyl (C=O) groups is 1. The molecule has 0 atom stereocenters. The van der Waals surface area contributed by atoms with E-state index in [1.807, 2.05) is 12.3 Å². The summed E-state index contributed by atoms with van der Waals surface area (Å²) in [6, 6.07) is 0.458. The molecule has 5 heteroatoms. The Morgan fingerprint density at radius 3 is 2.78 bits per heavy atom. The van der Waals surface area contributed by atoms with Gasteiger partial charge in [0.15, 0.2) is 0 Å². The van der Waals surface area contributed by atoms with Crippen LogP contribution in [0.4, 0.5) is 5.00 Å². The van der Waals surface area contributed by atoms with Crippen molar-refractivity contribution >= 4 is 22.2 Å². The number of thiophene rings is 1. The predicted octanol–water partition coefficient (Wildman–Crippen LogP) is 2.16. The van der Waals surface area contributed by atoms with Crippen LogP contribution in [0.15, 0.2) is 5.38 Å². The number of primary amides is 1. The molecule has 1 aliphatic heterocycles. The summed E-state index contributed by atoms with van der Waals surface area (Å²) in [6.45, 7) is 6.56. The molecule has 1 aromatic heterocycles. The summed E-state index contributed by atoms with van der Waals surface area (Å²) in [4.78, 5) is 13.9. The molecule has 100 valence electrons. The Bertz CT molecular complexity index is 425. The van der Waals surface area contributed by atoms with E-state index in [1.165, 1.54) is 0 Å². The first-order valence-electron chi connectivity index (χ1n) is 6.37. The van der Waals surface area contributed by atoms with E-state index in [9.17, 15) is 4.79 Å². The van der Waals surface area contributed by atoms with Crippen LogP contribution in [0.2, 0.25) is 0 Å². The maximum Gasteiger partial charge on any atom is 0.251 e. The number of aryl methyl sites for hydroxylation is 1. The first-order valence-corrected chi connectivity index (χ1v) is 7.25. The predicted molar refractivity (Wildman–Crippen MR) is 74.4 cm³/mol. The smallest absolute Gasteiger partial charge is 0.251 e. The number of anilines is 1. The zero-order chi connectivity index (χ0) is 13.1. The summed E-state index contributed by atoms with van der Waals surface area (Å²) in [7, 11) is 0. The number of nitrogens with zero attached hydrogens (tertiary/aromatic N) is 1. The van der Waals surface area contributed by atoms with Crippen LogP contribution in [0.25, 0.3) is 0 Å². The van der Waals surface area contributed by atoms with Crippen LogP contribution in [-0.4, -0.2) is 31.7 Å². The van der Waals surface area contributed by atoms with E-state index in [2.05, 4.69) is 11.8 Å². The summed E-state index contributed by atoms with van der Waals surface area (Å²) in [6.07, 6.45) is 2.03. The van der Waals surface area contributed by atoms with E-state index in [0.29, 0.717) is 11.6 Å². The highest BCUT2D eigenvalue weighted by molar-refractivity contribution is 7.14. The Labute approximate surface area is 112 Å². The van der Waals surface area contributed by atoms with Crippen LogP contribution in [0.1, 0.15) is 35.7 Å². The molecule has 4 nitrogen and oxygen atoms in total. The molecule has 2 N–H and O–H groups in total. The van der Waals surface area contributed by atoms with Gasteiger partial charge in [-0.25, -0.2) is 0 Å². The third-order valence-corrected chi connectivity index (χ3v) is 4.57. The Hall–Kier alpha value is -1.07. The van der Waals surface area contributed by atoms with Crippen molar-refractivity contribution in [3.63, 3.8) is 0 Å². The average Bonchev–Trinajstić information content (AvgIpc) is 2.74. The minimum Gasteiger partial charge on any atom is -0.381 e. The maximum absolute atomic E-state index is 11.6. The number of hydrogen-bond acceptors (Lipinski definition) is 4. The zero-order valence-electron chi connectivity index (χ0n) is 10.9. The van der Waals surface area contributed by atoms with Crippen molar-refractivity contribution in [3.8, 4) is 0 Å². The van der Waals surface area contributed by atoms with Gasteiger partial charge in [-0.3, -0.25) is 4.79 Å². The van der Waals surface area contributed by atoms with Crippen molar-refractivity contribution in [2.24, 2.45) is 5.73 Å². The summed E-state index contributed by atoms with van der Waals surface area (Å²) in [5.41, 5.74) is 7.17. The van der Waals surface area contributed by atoms with Crippen molar-refractivity contribution in [3.05, 3.63) is 16.5 Å². The molecule has 0 bridgehead atoms. The fraction of sp³-hybridized carbons (Fsp3) is 0.615. The molecule has 1 fully saturated rings. The molecule has 1 aliphatic rings. The maximum atomic E-state index is 11.6. The largest absolute Gasteiger partial charge is 0.381 e. The Morgan fingerprint density at radius 1 is 1.56 bits per heavy atom. The van der Waals surface area contributed by atoms with Crippen molar-refractivity contribution in [1.82, 2.24) is 0 Å². The third-order valence-electron chi connectivity index (χ3n) is 3.44. The number of hydrogen-bond donors (Lipinski definition) is 1. The fourth-order valence-electron chi connectivity index (χ4n) is 2.51. The van der Waals surface area contributed by atoms with Crippen LogP contribution in [-0.2, 0) is 4.74 Å². The van der Waals surface area contributed by atoms with Gasteiger partial charge in [-0.1, -0.05) is 0 Å². The molecule has 0 aromatic carbocycles. The second kappa shape index (κ2) is 5.71. The van der Waals surface area contributed by atoms with Gasteiger partial charge in [-0.15, -0.1) is 11.3 Å². The second-order valence-corrected chi connectivity index (χ2v) is 5.45. The average molecular weight is 268 g/mol. The summed E-state index contributed by atoms with van der Waals surface area (Å²) in [5, 5.41) is 3.03. The molecule has 2 rings (SSSR count). The monoisotopic (exact) mass is 268 g/mol. The van der Waals surface area contributed by atoms with Crippen LogP contribution >= 0.6 is 11.3 Å². The SMILES string of the molecule is CCN(c1scc(C)c1C(N)=O)C1CCOCC1.